The average Bonchev–Trinajstić information content (AvgIpc) is 2.48. The summed E-state index contributed by atoms with van der Waals surface area (Å²) in [6.45, 7) is 0. The number of hydrogen-bond donors (Lipinski definition) is 1. The lowest BCUT2D eigenvalue weighted by Gasteiger charge is -2.26. The first-order valence-corrected chi connectivity index (χ1v) is 7.21. The minimum atomic E-state index is 0.120. The van der Waals surface area contributed by atoms with E-state index in [1.807, 2.05) is 43.3 Å². The topological polar surface area (TPSA) is 41.6 Å². The minimum absolute atomic E-state index is 0.120. The molecule has 0 aromatic heterocycles. The zero-order chi connectivity index (χ0) is 14.5. The predicted octanol–water partition coefficient (Wildman–Crippen LogP) is 2.90. The van der Waals surface area contributed by atoms with Crippen LogP contribution in [0.15, 0.2) is 24.3 Å². The second-order valence-electron chi connectivity index (χ2n) is 5.64. The molecule has 1 aliphatic rings. The van der Waals surface area contributed by atoms with Gasteiger partial charge in [0.1, 0.15) is 0 Å². The fourth-order valence-electron chi connectivity index (χ4n) is 2.65. The summed E-state index contributed by atoms with van der Waals surface area (Å²) < 4.78 is 5.34. The highest BCUT2D eigenvalue weighted by Gasteiger charge is 2.26. The van der Waals surface area contributed by atoms with Crippen molar-refractivity contribution in [2.24, 2.45) is 5.92 Å². The lowest BCUT2D eigenvalue weighted by molar-refractivity contribution is -0.121. The molecular formula is C16H24N2O2. The van der Waals surface area contributed by atoms with Crippen LogP contribution in [0.4, 0.5) is 11.4 Å². The number of nitrogens with zero attached hydrogens (tertiary/aromatic N) is 1. The molecule has 0 radical (unpaired) electrons. The van der Waals surface area contributed by atoms with Gasteiger partial charge in [-0.05, 0) is 49.9 Å². The van der Waals surface area contributed by atoms with Crippen molar-refractivity contribution in [3.8, 4) is 0 Å². The number of methoxy groups -OCH3 is 1. The van der Waals surface area contributed by atoms with Crippen LogP contribution in [-0.4, -0.2) is 33.2 Å². The molecule has 0 unspecified atom stereocenters. The summed E-state index contributed by atoms with van der Waals surface area (Å²) in [7, 11) is 5.75. The van der Waals surface area contributed by atoms with E-state index in [1.54, 1.807) is 7.11 Å². The third-order valence-corrected chi connectivity index (χ3v) is 4.03. The molecule has 1 saturated carbocycles. The van der Waals surface area contributed by atoms with Crippen molar-refractivity contribution >= 4 is 17.3 Å². The highest BCUT2D eigenvalue weighted by atomic mass is 16.5. The van der Waals surface area contributed by atoms with Gasteiger partial charge in [0.2, 0.25) is 5.91 Å². The van der Waals surface area contributed by atoms with Crippen LogP contribution >= 0.6 is 0 Å². The number of nitrogens with one attached hydrogen (secondary N) is 1. The van der Waals surface area contributed by atoms with Crippen molar-refractivity contribution in [3.63, 3.8) is 0 Å². The Labute approximate surface area is 121 Å². The smallest absolute Gasteiger partial charge is 0.227 e. The zero-order valence-electron chi connectivity index (χ0n) is 12.6. The predicted molar refractivity (Wildman–Crippen MR) is 82.2 cm³/mol. The van der Waals surface area contributed by atoms with Crippen molar-refractivity contribution in [2.45, 2.75) is 31.8 Å². The van der Waals surface area contributed by atoms with E-state index >= 15 is 0 Å². The first-order chi connectivity index (χ1) is 9.60. The Bertz CT molecular complexity index is 434. The Morgan fingerprint density at radius 1 is 1.15 bits per heavy atom. The van der Waals surface area contributed by atoms with Gasteiger partial charge >= 0.3 is 0 Å². The number of ether oxygens (including phenoxy) is 1. The van der Waals surface area contributed by atoms with Crippen molar-refractivity contribution in [3.05, 3.63) is 24.3 Å². The number of carbonyl (C=O) groups is 1. The monoisotopic (exact) mass is 276 g/mol. The van der Waals surface area contributed by atoms with Gasteiger partial charge in [0, 0.05) is 38.5 Å². The number of benzene rings is 1. The standard InChI is InChI=1S/C16H24N2O2/c1-18(2)14-8-6-13(7-9-14)17-16(19)12-4-10-15(20-3)11-5-12/h6-9,12,15H,4-5,10-11H2,1-3H3,(H,17,19). The van der Waals surface area contributed by atoms with Crippen LogP contribution in [0.2, 0.25) is 0 Å². The van der Waals surface area contributed by atoms with E-state index in [9.17, 15) is 4.79 Å². The maximum Gasteiger partial charge on any atom is 0.227 e. The van der Waals surface area contributed by atoms with Crippen LogP contribution in [-0.2, 0) is 9.53 Å². The molecule has 110 valence electrons. The van der Waals surface area contributed by atoms with Gasteiger partial charge in [-0.1, -0.05) is 0 Å². The van der Waals surface area contributed by atoms with Crippen LogP contribution in [0.1, 0.15) is 25.7 Å². The highest BCUT2D eigenvalue weighted by Crippen LogP contribution is 2.27. The molecule has 1 aromatic carbocycles. The van der Waals surface area contributed by atoms with E-state index in [0.717, 1.165) is 37.1 Å². The van der Waals surface area contributed by atoms with E-state index in [4.69, 9.17) is 4.74 Å². The normalized spacial score (nSPS) is 22.4. The number of anilines is 2. The molecule has 4 heteroatoms. The Balaban J connectivity index is 1.88. The molecule has 0 atom stereocenters. The van der Waals surface area contributed by atoms with Crippen LogP contribution in [0.5, 0.6) is 0 Å². The Morgan fingerprint density at radius 2 is 1.75 bits per heavy atom. The van der Waals surface area contributed by atoms with Gasteiger partial charge in [-0.15, -0.1) is 0 Å². The average molecular weight is 276 g/mol. The molecule has 1 aromatic rings. The molecule has 0 aliphatic heterocycles. The maximum atomic E-state index is 12.2. The van der Waals surface area contributed by atoms with Crippen LogP contribution in [0.25, 0.3) is 0 Å². The van der Waals surface area contributed by atoms with Crippen LogP contribution < -0.4 is 10.2 Å². The summed E-state index contributed by atoms with van der Waals surface area (Å²) in [5.41, 5.74) is 2.00. The Kier molecular flexibility index (Phi) is 5.01. The summed E-state index contributed by atoms with van der Waals surface area (Å²) in [5.74, 6) is 0.257. The second-order valence-corrected chi connectivity index (χ2v) is 5.64. The number of amides is 1. The highest BCUT2D eigenvalue weighted by molar-refractivity contribution is 5.92. The summed E-state index contributed by atoms with van der Waals surface area (Å²) in [6, 6.07) is 7.93. The summed E-state index contributed by atoms with van der Waals surface area (Å²) >= 11 is 0. The molecular weight excluding hydrogens is 252 g/mol. The molecule has 0 heterocycles. The third-order valence-electron chi connectivity index (χ3n) is 4.03. The molecule has 2 rings (SSSR count). The molecule has 4 nitrogen and oxygen atoms in total. The molecule has 1 N–H and O–H groups in total. The van der Waals surface area contributed by atoms with Gasteiger partial charge < -0.3 is 15.0 Å². The summed E-state index contributed by atoms with van der Waals surface area (Å²) in [4.78, 5) is 14.3. The number of hydrogen-bond acceptors (Lipinski definition) is 3. The van der Waals surface area contributed by atoms with Crippen LogP contribution in [0.3, 0.4) is 0 Å². The Morgan fingerprint density at radius 3 is 2.25 bits per heavy atom. The number of carbonyl (C=O) groups excluding carboxylic acids is 1. The fraction of sp³-hybridized carbons (Fsp3) is 0.562. The van der Waals surface area contributed by atoms with Gasteiger partial charge in [-0.3, -0.25) is 4.79 Å². The SMILES string of the molecule is COC1CCC(C(=O)Nc2ccc(N(C)C)cc2)CC1. The summed E-state index contributed by atoms with van der Waals surface area (Å²) in [5, 5.41) is 3.01. The Hall–Kier alpha value is -1.55. The van der Waals surface area contributed by atoms with E-state index in [1.165, 1.54) is 0 Å². The number of rotatable bonds is 4. The molecule has 1 aliphatic carbocycles. The van der Waals surface area contributed by atoms with E-state index in [-0.39, 0.29) is 11.8 Å². The molecule has 1 amide bonds. The maximum absolute atomic E-state index is 12.2. The van der Waals surface area contributed by atoms with Crippen molar-refractivity contribution in [2.75, 3.05) is 31.4 Å². The van der Waals surface area contributed by atoms with Crippen LogP contribution in [0, 0.1) is 5.92 Å². The molecule has 0 bridgehead atoms. The first-order valence-electron chi connectivity index (χ1n) is 7.21. The van der Waals surface area contributed by atoms with Gasteiger partial charge in [-0.25, -0.2) is 0 Å². The van der Waals surface area contributed by atoms with Crippen molar-refractivity contribution < 1.29 is 9.53 Å². The van der Waals surface area contributed by atoms with Gasteiger partial charge in [-0.2, -0.15) is 0 Å². The largest absolute Gasteiger partial charge is 0.381 e. The third kappa shape index (κ3) is 3.73. The molecule has 0 spiro atoms. The molecule has 0 saturated heterocycles. The quantitative estimate of drug-likeness (QED) is 0.919. The van der Waals surface area contributed by atoms with Gasteiger partial charge in [0.05, 0.1) is 6.10 Å². The van der Waals surface area contributed by atoms with Gasteiger partial charge in [0.15, 0.2) is 0 Å². The fourth-order valence-corrected chi connectivity index (χ4v) is 2.65. The lowest BCUT2D eigenvalue weighted by atomic mass is 9.87. The van der Waals surface area contributed by atoms with Crippen molar-refractivity contribution in [1.29, 1.82) is 0 Å². The van der Waals surface area contributed by atoms with E-state index in [2.05, 4.69) is 5.32 Å². The van der Waals surface area contributed by atoms with E-state index in [0.29, 0.717) is 6.10 Å². The summed E-state index contributed by atoms with van der Waals surface area (Å²) in [6.07, 6.45) is 4.13. The zero-order valence-corrected chi connectivity index (χ0v) is 12.6. The molecule has 1 fully saturated rings. The van der Waals surface area contributed by atoms with Crippen molar-refractivity contribution in [1.82, 2.24) is 0 Å². The van der Waals surface area contributed by atoms with Gasteiger partial charge in [0.25, 0.3) is 0 Å². The minimum Gasteiger partial charge on any atom is -0.381 e. The van der Waals surface area contributed by atoms with E-state index < -0.39 is 0 Å². The first kappa shape index (κ1) is 14.9. The lowest BCUT2D eigenvalue weighted by Crippen LogP contribution is -2.29. The second kappa shape index (κ2) is 6.75. The molecule has 20 heavy (non-hydrogen) atoms.